The zero-order valence-corrected chi connectivity index (χ0v) is 13.9. The third-order valence-corrected chi connectivity index (χ3v) is 3.34. The highest BCUT2D eigenvalue weighted by atomic mass is 35.5. The van der Waals surface area contributed by atoms with Crippen LogP contribution in [-0.4, -0.2) is 18.1 Å². The fraction of sp³-hybridized carbons (Fsp3) is 0.0588. The lowest BCUT2D eigenvalue weighted by atomic mass is 10.2. The van der Waals surface area contributed by atoms with E-state index in [-0.39, 0.29) is 11.0 Å². The van der Waals surface area contributed by atoms with E-state index >= 15 is 0 Å². The zero-order chi connectivity index (χ0) is 16.7. The van der Waals surface area contributed by atoms with Gasteiger partial charge in [0.15, 0.2) is 5.11 Å². The predicted molar refractivity (Wildman–Crippen MR) is 97.8 cm³/mol. The molecule has 0 aliphatic rings. The quantitative estimate of drug-likeness (QED) is 0.651. The lowest BCUT2D eigenvalue weighted by molar-refractivity contribution is -0.115. The first-order valence-corrected chi connectivity index (χ1v) is 7.55. The van der Waals surface area contributed by atoms with Gasteiger partial charge in [0, 0.05) is 16.8 Å². The Balaban J connectivity index is 1.86. The normalized spacial score (nSPS) is 10.3. The summed E-state index contributed by atoms with van der Waals surface area (Å²) in [6.07, 6.45) is 3.09. The van der Waals surface area contributed by atoms with E-state index in [1.807, 2.05) is 12.1 Å². The molecule has 0 fully saturated rings. The zero-order valence-electron chi connectivity index (χ0n) is 12.4. The molecule has 0 aliphatic heterocycles. The minimum atomic E-state index is -0.314. The Hall–Kier alpha value is -2.37. The largest absolute Gasteiger partial charge is 0.497 e. The molecule has 23 heavy (non-hydrogen) atoms. The van der Waals surface area contributed by atoms with E-state index in [0.717, 1.165) is 17.0 Å². The van der Waals surface area contributed by atoms with Crippen molar-refractivity contribution in [1.29, 1.82) is 0 Å². The van der Waals surface area contributed by atoms with Crippen molar-refractivity contribution in [2.45, 2.75) is 0 Å². The summed E-state index contributed by atoms with van der Waals surface area (Å²) in [4.78, 5) is 11.8. The van der Waals surface area contributed by atoms with Gasteiger partial charge >= 0.3 is 0 Å². The molecular weight excluding hydrogens is 332 g/mol. The van der Waals surface area contributed by atoms with Crippen molar-refractivity contribution < 1.29 is 9.53 Å². The van der Waals surface area contributed by atoms with Crippen LogP contribution in [0.3, 0.4) is 0 Å². The van der Waals surface area contributed by atoms with E-state index in [9.17, 15) is 4.79 Å². The number of halogens is 1. The van der Waals surface area contributed by atoms with Crippen LogP contribution >= 0.6 is 23.8 Å². The molecule has 0 bridgehead atoms. The average molecular weight is 347 g/mol. The van der Waals surface area contributed by atoms with Gasteiger partial charge in [-0.15, -0.1) is 0 Å². The number of hydrogen-bond donors (Lipinski definition) is 2. The van der Waals surface area contributed by atoms with Crippen molar-refractivity contribution in [3.8, 4) is 5.75 Å². The molecule has 2 N–H and O–H groups in total. The van der Waals surface area contributed by atoms with E-state index < -0.39 is 0 Å². The number of anilines is 1. The lowest BCUT2D eigenvalue weighted by Gasteiger charge is -2.08. The number of carbonyl (C=O) groups is 1. The van der Waals surface area contributed by atoms with Crippen molar-refractivity contribution in [2.75, 3.05) is 12.4 Å². The summed E-state index contributed by atoms with van der Waals surface area (Å²) in [6, 6.07) is 14.4. The Labute approximate surface area is 145 Å². The maximum absolute atomic E-state index is 11.8. The van der Waals surface area contributed by atoms with Crippen LogP contribution in [-0.2, 0) is 4.79 Å². The third-order valence-electron chi connectivity index (χ3n) is 2.88. The minimum absolute atomic E-state index is 0.223. The molecule has 118 valence electrons. The second-order valence-electron chi connectivity index (χ2n) is 4.56. The summed E-state index contributed by atoms with van der Waals surface area (Å²) in [5.74, 6) is 0.433. The molecule has 0 spiro atoms. The molecule has 0 aromatic heterocycles. The van der Waals surface area contributed by atoms with E-state index in [0.29, 0.717) is 5.02 Å². The Kier molecular flexibility index (Phi) is 6.14. The number of thiocarbonyl (C=S) groups is 1. The van der Waals surface area contributed by atoms with Gasteiger partial charge in [0.25, 0.3) is 0 Å². The van der Waals surface area contributed by atoms with Gasteiger partial charge in [-0.2, -0.15) is 0 Å². The van der Waals surface area contributed by atoms with Gasteiger partial charge in [-0.05, 0) is 60.3 Å². The van der Waals surface area contributed by atoms with Gasteiger partial charge in [0.05, 0.1) is 7.11 Å². The maximum atomic E-state index is 11.8. The molecule has 6 heteroatoms. The third kappa shape index (κ3) is 5.73. The topological polar surface area (TPSA) is 50.4 Å². The maximum Gasteiger partial charge on any atom is 0.250 e. The molecule has 2 aromatic carbocycles. The Morgan fingerprint density at radius 1 is 1.13 bits per heavy atom. The number of ether oxygens (including phenoxy) is 1. The molecule has 4 nitrogen and oxygen atoms in total. The first-order chi connectivity index (χ1) is 11.1. The first-order valence-electron chi connectivity index (χ1n) is 6.76. The number of nitrogens with one attached hydrogen (secondary N) is 2. The van der Waals surface area contributed by atoms with Crippen LogP contribution in [0.15, 0.2) is 54.6 Å². The number of amides is 1. The van der Waals surface area contributed by atoms with E-state index in [1.54, 1.807) is 49.6 Å². The van der Waals surface area contributed by atoms with E-state index in [2.05, 4.69) is 10.6 Å². The molecule has 0 saturated heterocycles. The van der Waals surface area contributed by atoms with Crippen LogP contribution in [0.25, 0.3) is 6.08 Å². The van der Waals surface area contributed by atoms with Gasteiger partial charge < -0.3 is 10.1 Å². The standard InChI is InChI=1S/C17H15ClN2O2S/c1-22-15-9-7-14(8-10-15)19-17(23)20-16(21)11-4-12-2-5-13(18)6-3-12/h2-11H,1H3,(H2,19,20,21,23). The predicted octanol–water partition coefficient (Wildman–Crippen LogP) is 3.88. The minimum Gasteiger partial charge on any atom is -0.497 e. The second-order valence-corrected chi connectivity index (χ2v) is 5.40. The second kappa shape index (κ2) is 8.31. The summed E-state index contributed by atoms with van der Waals surface area (Å²) >= 11 is 10.9. The number of hydrogen-bond acceptors (Lipinski definition) is 3. The highest BCUT2D eigenvalue weighted by Gasteiger charge is 2.02. The Morgan fingerprint density at radius 3 is 2.39 bits per heavy atom. The van der Waals surface area contributed by atoms with Crippen molar-refractivity contribution in [1.82, 2.24) is 5.32 Å². The van der Waals surface area contributed by atoms with Crippen LogP contribution in [0.1, 0.15) is 5.56 Å². The SMILES string of the molecule is COc1ccc(NC(=S)NC(=O)C=Cc2ccc(Cl)cc2)cc1. The molecule has 0 saturated carbocycles. The molecular formula is C17H15ClN2O2S. The lowest BCUT2D eigenvalue weighted by Crippen LogP contribution is -2.32. The molecule has 0 aliphatic carbocycles. The van der Waals surface area contributed by atoms with Gasteiger partial charge in [0.1, 0.15) is 5.75 Å². The fourth-order valence-corrected chi connectivity index (χ4v) is 2.08. The van der Waals surface area contributed by atoms with Gasteiger partial charge in [-0.3, -0.25) is 10.1 Å². The molecule has 1 amide bonds. The summed E-state index contributed by atoms with van der Waals surface area (Å²) in [5.41, 5.74) is 1.64. The van der Waals surface area contributed by atoms with Crippen molar-refractivity contribution in [2.24, 2.45) is 0 Å². The highest BCUT2D eigenvalue weighted by molar-refractivity contribution is 7.80. The van der Waals surface area contributed by atoms with Crippen LogP contribution in [0.2, 0.25) is 5.02 Å². The van der Waals surface area contributed by atoms with E-state index in [4.69, 9.17) is 28.6 Å². The van der Waals surface area contributed by atoms with Crippen molar-refractivity contribution in [3.63, 3.8) is 0 Å². The van der Waals surface area contributed by atoms with Gasteiger partial charge in [-0.25, -0.2) is 0 Å². The summed E-state index contributed by atoms with van der Waals surface area (Å²) in [6.45, 7) is 0. The highest BCUT2D eigenvalue weighted by Crippen LogP contribution is 2.14. The average Bonchev–Trinajstić information content (AvgIpc) is 2.55. The van der Waals surface area contributed by atoms with Crippen LogP contribution in [0.4, 0.5) is 5.69 Å². The van der Waals surface area contributed by atoms with Gasteiger partial charge in [0.2, 0.25) is 5.91 Å². The van der Waals surface area contributed by atoms with Crippen molar-refractivity contribution in [3.05, 3.63) is 65.2 Å². The fourth-order valence-electron chi connectivity index (χ4n) is 1.74. The van der Waals surface area contributed by atoms with E-state index in [1.165, 1.54) is 6.08 Å². The number of benzene rings is 2. The number of methoxy groups -OCH3 is 1. The van der Waals surface area contributed by atoms with Crippen molar-refractivity contribution >= 4 is 46.6 Å². The Morgan fingerprint density at radius 2 is 1.78 bits per heavy atom. The first kappa shape index (κ1) is 17.0. The number of carbonyl (C=O) groups excluding carboxylic acids is 1. The molecule has 0 atom stereocenters. The number of rotatable bonds is 4. The molecule has 2 aromatic rings. The Bertz CT molecular complexity index is 712. The smallest absolute Gasteiger partial charge is 0.250 e. The van der Waals surface area contributed by atoms with Crippen LogP contribution in [0.5, 0.6) is 5.75 Å². The van der Waals surface area contributed by atoms with Crippen LogP contribution < -0.4 is 15.4 Å². The monoisotopic (exact) mass is 346 g/mol. The summed E-state index contributed by atoms with van der Waals surface area (Å²) in [5, 5.41) is 6.37. The molecule has 0 heterocycles. The van der Waals surface area contributed by atoms with Gasteiger partial charge in [-0.1, -0.05) is 23.7 Å². The summed E-state index contributed by atoms with van der Waals surface area (Å²) in [7, 11) is 1.60. The molecule has 0 unspecified atom stereocenters. The molecule has 0 radical (unpaired) electrons. The summed E-state index contributed by atoms with van der Waals surface area (Å²) < 4.78 is 5.07. The molecule has 2 rings (SSSR count). The van der Waals surface area contributed by atoms with Crippen LogP contribution in [0, 0.1) is 0 Å².